The van der Waals surface area contributed by atoms with Crippen LogP contribution >= 0.6 is 11.3 Å². The monoisotopic (exact) mass is 239 g/mol. The molecule has 16 heavy (non-hydrogen) atoms. The summed E-state index contributed by atoms with van der Waals surface area (Å²) in [5, 5.41) is 7.95. The highest BCUT2D eigenvalue weighted by atomic mass is 32.1. The van der Waals surface area contributed by atoms with Gasteiger partial charge in [-0.15, -0.1) is 11.3 Å². The van der Waals surface area contributed by atoms with Crippen LogP contribution in [0.25, 0.3) is 10.7 Å². The van der Waals surface area contributed by atoms with Crippen LogP contribution in [0.2, 0.25) is 0 Å². The Kier molecular flexibility index (Phi) is 2.86. The molecule has 0 aliphatic carbocycles. The molecule has 7 heteroatoms. The lowest BCUT2D eigenvalue weighted by atomic mass is 10.4. The summed E-state index contributed by atoms with van der Waals surface area (Å²) in [6.45, 7) is -0.0912. The lowest BCUT2D eigenvalue weighted by Crippen LogP contribution is -2.28. The van der Waals surface area contributed by atoms with E-state index >= 15 is 0 Å². The van der Waals surface area contributed by atoms with E-state index in [9.17, 15) is 9.59 Å². The van der Waals surface area contributed by atoms with E-state index in [1.165, 1.54) is 23.0 Å². The fourth-order valence-electron chi connectivity index (χ4n) is 1.21. The van der Waals surface area contributed by atoms with Crippen LogP contribution in [0.4, 0.5) is 0 Å². The minimum Gasteiger partial charge on any atom is -0.358 e. The highest BCUT2D eigenvalue weighted by Crippen LogP contribution is 2.21. The minimum atomic E-state index is -0.632. The molecule has 0 fully saturated rings. The Morgan fingerprint density at radius 1 is 1.69 bits per heavy atom. The number of carbonyl (C=O) groups excluding carboxylic acids is 1. The molecule has 0 aliphatic rings. The summed E-state index contributed by atoms with van der Waals surface area (Å²) in [6, 6.07) is 3.64. The molecule has 0 radical (unpaired) electrons. The van der Waals surface area contributed by atoms with E-state index in [0.717, 1.165) is 4.88 Å². The van der Waals surface area contributed by atoms with Gasteiger partial charge in [0.25, 0.3) is 0 Å². The largest absolute Gasteiger partial charge is 0.442 e. The average molecular weight is 239 g/mol. The zero-order chi connectivity index (χ0) is 11.5. The van der Waals surface area contributed by atoms with Crippen molar-refractivity contribution in [2.45, 2.75) is 6.54 Å². The third-order valence-electron chi connectivity index (χ3n) is 2.01. The number of aromatic nitrogens is 2. The van der Waals surface area contributed by atoms with Gasteiger partial charge in [-0.05, 0) is 11.4 Å². The molecule has 0 bridgehead atoms. The molecule has 0 aliphatic heterocycles. The van der Waals surface area contributed by atoms with E-state index in [-0.39, 0.29) is 12.5 Å². The predicted octanol–water partition coefficient (Wildman–Crippen LogP) is 0.311. The van der Waals surface area contributed by atoms with Gasteiger partial charge in [0.15, 0.2) is 5.82 Å². The van der Waals surface area contributed by atoms with Crippen molar-refractivity contribution in [1.82, 2.24) is 15.0 Å². The Labute approximate surface area is 94.5 Å². The molecule has 2 heterocycles. The number of carbonyl (C=O) groups is 1. The van der Waals surface area contributed by atoms with Crippen molar-refractivity contribution in [3.8, 4) is 10.7 Å². The number of amides is 1. The number of likely N-dealkylation sites (N-methyl/N-ethyl adjacent to an activating group) is 1. The number of nitrogens with one attached hydrogen (secondary N) is 1. The van der Waals surface area contributed by atoms with Crippen molar-refractivity contribution in [2.75, 3.05) is 7.05 Å². The summed E-state index contributed by atoms with van der Waals surface area (Å²) >= 11 is 1.42. The molecular weight excluding hydrogens is 230 g/mol. The molecular formula is C9H9N3O3S. The van der Waals surface area contributed by atoms with Crippen LogP contribution in [-0.2, 0) is 11.3 Å². The van der Waals surface area contributed by atoms with Gasteiger partial charge in [-0.2, -0.15) is 0 Å². The lowest BCUT2D eigenvalue weighted by molar-refractivity contribution is -0.121. The van der Waals surface area contributed by atoms with Gasteiger partial charge in [-0.25, -0.2) is 9.36 Å². The molecule has 0 atom stereocenters. The highest BCUT2D eigenvalue weighted by Gasteiger charge is 2.15. The Bertz CT molecular complexity index is 541. The molecule has 1 N–H and O–H groups in total. The predicted molar refractivity (Wildman–Crippen MR) is 58.1 cm³/mol. The Morgan fingerprint density at radius 3 is 3.12 bits per heavy atom. The van der Waals surface area contributed by atoms with Gasteiger partial charge in [0.05, 0.1) is 4.88 Å². The first kappa shape index (κ1) is 10.6. The molecule has 0 spiro atoms. The third-order valence-corrected chi connectivity index (χ3v) is 2.87. The maximum absolute atomic E-state index is 11.3. The smallest absolute Gasteiger partial charge is 0.358 e. The third kappa shape index (κ3) is 1.89. The number of thiophene rings is 1. The van der Waals surface area contributed by atoms with Crippen LogP contribution in [0.5, 0.6) is 0 Å². The summed E-state index contributed by atoms with van der Waals surface area (Å²) < 4.78 is 5.75. The van der Waals surface area contributed by atoms with E-state index in [1.54, 1.807) is 0 Å². The second-order valence-electron chi connectivity index (χ2n) is 3.01. The standard InChI is InChI=1S/C9H9N3O3S/c1-10-7(13)5-12-8(11-15-9(12)14)6-3-2-4-16-6/h2-4H,5H2,1H3,(H,10,13). The van der Waals surface area contributed by atoms with Gasteiger partial charge >= 0.3 is 5.76 Å². The van der Waals surface area contributed by atoms with Crippen molar-refractivity contribution < 1.29 is 9.32 Å². The molecule has 6 nitrogen and oxygen atoms in total. The number of hydrogen-bond donors (Lipinski definition) is 1. The van der Waals surface area contributed by atoms with Crippen molar-refractivity contribution in [1.29, 1.82) is 0 Å². The number of nitrogens with zero attached hydrogens (tertiary/aromatic N) is 2. The normalized spacial score (nSPS) is 10.3. The molecule has 84 valence electrons. The molecule has 0 unspecified atom stereocenters. The maximum Gasteiger partial charge on any atom is 0.442 e. The second kappa shape index (κ2) is 4.31. The minimum absolute atomic E-state index is 0.0912. The van der Waals surface area contributed by atoms with Crippen molar-refractivity contribution >= 4 is 17.2 Å². The van der Waals surface area contributed by atoms with E-state index in [1.807, 2.05) is 17.5 Å². The fourth-order valence-corrected chi connectivity index (χ4v) is 1.93. The number of rotatable bonds is 3. The van der Waals surface area contributed by atoms with Gasteiger partial charge < -0.3 is 5.32 Å². The number of hydrogen-bond acceptors (Lipinski definition) is 5. The first-order chi connectivity index (χ1) is 7.72. The van der Waals surface area contributed by atoms with Crippen molar-refractivity contribution in [3.05, 3.63) is 28.1 Å². The second-order valence-corrected chi connectivity index (χ2v) is 3.96. The van der Waals surface area contributed by atoms with Gasteiger partial charge in [0.2, 0.25) is 5.91 Å². The van der Waals surface area contributed by atoms with Crippen LogP contribution in [0, 0.1) is 0 Å². The summed E-state index contributed by atoms with van der Waals surface area (Å²) in [6.07, 6.45) is 0. The molecule has 1 amide bonds. The van der Waals surface area contributed by atoms with Crippen molar-refractivity contribution in [2.24, 2.45) is 0 Å². The molecule has 2 rings (SSSR count). The summed E-state index contributed by atoms with van der Waals surface area (Å²) in [5.41, 5.74) is 0. The summed E-state index contributed by atoms with van der Waals surface area (Å²) in [4.78, 5) is 23.3. The first-order valence-electron chi connectivity index (χ1n) is 4.53. The fraction of sp³-hybridized carbons (Fsp3) is 0.222. The topological polar surface area (TPSA) is 77.1 Å². The summed E-state index contributed by atoms with van der Waals surface area (Å²) in [5.74, 6) is -0.529. The van der Waals surface area contributed by atoms with Gasteiger partial charge in [0, 0.05) is 7.05 Å². The highest BCUT2D eigenvalue weighted by molar-refractivity contribution is 7.13. The molecule has 2 aromatic rings. The van der Waals surface area contributed by atoms with Crippen LogP contribution in [0.3, 0.4) is 0 Å². The molecule has 0 saturated heterocycles. The van der Waals surface area contributed by atoms with E-state index in [0.29, 0.717) is 5.82 Å². The first-order valence-corrected chi connectivity index (χ1v) is 5.41. The summed E-state index contributed by atoms with van der Waals surface area (Å²) in [7, 11) is 1.51. The average Bonchev–Trinajstić information content (AvgIpc) is 2.89. The van der Waals surface area contributed by atoms with E-state index in [2.05, 4.69) is 15.0 Å². The van der Waals surface area contributed by atoms with Crippen LogP contribution in [-0.4, -0.2) is 22.7 Å². The van der Waals surface area contributed by atoms with Crippen LogP contribution < -0.4 is 11.1 Å². The van der Waals surface area contributed by atoms with E-state index in [4.69, 9.17) is 0 Å². The van der Waals surface area contributed by atoms with Gasteiger partial charge in [-0.3, -0.25) is 9.32 Å². The Balaban J connectivity index is 2.41. The zero-order valence-corrected chi connectivity index (χ0v) is 9.28. The maximum atomic E-state index is 11.3. The van der Waals surface area contributed by atoms with E-state index < -0.39 is 5.76 Å². The van der Waals surface area contributed by atoms with Crippen LogP contribution in [0.15, 0.2) is 26.8 Å². The van der Waals surface area contributed by atoms with Crippen molar-refractivity contribution in [3.63, 3.8) is 0 Å². The molecule has 0 saturated carbocycles. The molecule has 2 aromatic heterocycles. The zero-order valence-electron chi connectivity index (χ0n) is 8.47. The van der Waals surface area contributed by atoms with Gasteiger partial charge in [0.1, 0.15) is 6.54 Å². The SMILES string of the molecule is CNC(=O)Cn1c(-c2cccs2)noc1=O. The van der Waals surface area contributed by atoms with Crippen LogP contribution in [0.1, 0.15) is 0 Å². The molecule has 0 aromatic carbocycles. The Hall–Kier alpha value is -1.89. The van der Waals surface area contributed by atoms with Gasteiger partial charge in [-0.1, -0.05) is 11.2 Å². The lowest BCUT2D eigenvalue weighted by Gasteiger charge is -2.01. The Morgan fingerprint density at radius 2 is 2.50 bits per heavy atom. The quantitative estimate of drug-likeness (QED) is 0.836.